The summed E-state index contributed by atoms with van der Waals surface area (Å²) >= 11 is 6.09. The molecule has 0 atom stereocenters. The average Bonchev–Trinajstić information content (AvgIpc) is 2.95. The van der Waals surface area contributed by atoms with Crippen LogP contribution < -0.4 is 5.43 Å². The molecule has 0 saturated carbocycles. The van der Waals surface area contributed by atoms with Gasteiger partial charge in [-0.05, 0) is 42.1 Å². The van der Waals surface area contributed by atoms with Crippen molar-refractivity contribution in [2.75, 3.05) is 0 Å². The first kappa shape index (κ1) is 20.2. The summed E-state index contributed by atoms with van der Waals surface area (Å²) in [4.78, 5) is 46.3. The third-order valence-corrected chi connectivity index (χ3v) is 5.08. The van der Waals surface area contributed by atoms with Gasteiger partial charge in [0.25, 0.3) is 17.5 Å². The second-order valence-electron chi connectivity index (χ2n) is 5.69. The Balaban J connectivity index is 1.76. The van der Waals surface area contributed by atoms with E-state index in [0.29, 0.717) is 5.56 Å². The minimum Gasteiger partial charge on any atom is -0.478 e. The summed E-state index contributed by atoms with van der Waals surface area (Å²) in [6.07, 6.45) is 1.52. The molecule has 0 aliphatic carbocycles. The topological polar surface area (TPSA) is 130 Å². The lowest BCUT2D eigenvalue weighted by Gasteiger charge is -2.15. The van der Waals surface area contributed by atoms with Crippen molar-refractivity contribution in [2.45, 2.75) is 0 Å². The van der Waals surface area contributed by atoms with Crippen molar-refractivity contribution < 1.29 is 24.4 Å². The lowest BCUT2D eigenvalue weighted by Crippen LogP contribution is -2.44. The van der Waals surface area contributed by atoms with Crippen LogP contribution in [0.15, 0.2) is 53.4 Å². The number of carboxylic acids is 1. The number of aromatic carboxylic acids is 1. The van der Waals surface area contributed by atoms with Crippen LogP contribution in [0.25, 0.3) is 6.08 Å². The molecule has 29 heavy (non-hydrogen) atoms. The molecule has 2 aromatic rings. The number of carbonyl (C=O) groups is 3. The first-order valence-electron chi connectivity index (χ1n) is 7.93. The Morgan fingerprint density at radius 1 is 1.17 bits per heavy atom. The van der Waals surface area contributed by atoms with Crippen molar-refractivity contribution in [3.63, 3.8) is 0 Å². The molecule has 0 unspecified atom stereocenters. The van der Waals surface area contributed by atoms with Gasteiger partial charge in [-0.1, -0.05) is 30.0 Å². The van der Waals surface area contributed by atoms with Gasteiger partial charge in [-0.3, -0.25) is 25.1 Å². The van der Waals surface area contributed by atoms with Crippen LogP contribution in [0.1, 0.15) is 26.3 Å². The van der Waals surface area contributed by atoms with E-state index in [-0.39, 0.29) is 26.0 Å². The second-order valence-corrected chi connectivity index (χ2v) is 7.37. The van der Waals surface area contributed by atoms with Gasteiger partial charge in [0.15, 0.2) is 4.32 Å². The fourth-order valence-corrected chi connectivity index (χ4v) is 3.54. The molecule has 1 aliphatic heterocycles. The zero-order valence-corrected chi connectivity index (χ0v) is 16.0. The van der Waals surface area contributed by atoms with Gasteiger partial charge < -0.3 is 5.11 Å². The maximum atomic E-state index is 12.6. The molecule has 2 N–H and O–H groups in total. The number of rotatable bonds is 5. The van der Waals surface area contributed by atoms with E-state index in [1.807, 2.05) is 0 Å². The molecule has 0 aromatic heterocycles. The largest absolute Gasteiger partial charge is 0.478 e. The number of nitrogens with zero attached hydrogens (tertiary/aromatic N) is 2. The molecule has 9 nitrogen and oxygen atoms in total. The maximum Gasteiger partial charge on any atom is 0.335 e. The molecule has 0 bridgehead atoms. The number of hydrogen-bond acceptors (Lipinski definition) is 7. The van der Waals surface area contributed by atoms with E-state index in [2.05, 4.69) is 5.43 Å². The molecule has 1 fully saturated rings. The number of carboxylic acid groups (broad SMARTS) is 1. The Kier molecular flexibility index (Phi) is 5.71. The molecule has 1 aliphatic rings. The van der Waals surface area contributed by atoms with Crippen molar-refractivity contribution in [1.82, 2.24) is 10.4 Å². The normalized spacial score (nSPS) is 14.9. The molecule has 0 spiro atoms. The molecule has 2 aromatic carbocycles. The Morgan fingerprint density at radius 2 is 1.86 bits per heavy atom. The van der Waals surface area contributed by atoms with Crippen LogP contribution in [0.2, 0.25) is 0 Å². The molecule has 11 heteroatoms. The van der Waals surface area contributed by atoms with Crippen LogP contribution >= 0.6 is 24.0 Å². The van der Waals surface area contributed by atoms with Crippen LogP contribution in [-0.4, -0.2) is 37.1 Å². The summed E-state index contributed by atoms with van der Waals surface area (Å²) in [5.41, 5.74) is 2.78. The second kappa shape index (κ2) is 8.20. The van der Waals surface area contributed by atoms with Gasteiger partial charge in [-0.15, -0.1) is 0 Å². The SMILES string of the molecule is O=C(O)c1ccc(/C=C2/SC(=S)N(NC(=O)c3cccc([N+](=O)[O-])c3)C2=O)cc1. The highest BCUT2D eigenvalue weighted by atomic mass is 32.2. The van der Waals surface area contributed by atoms with Crippen molar-refractivity contribution in [3.05, 3.63) is 80.2 Å². The molecule has 146 valence electrons. The first-order valence-corrected chi connectivity index (χ1v) is 9.15. The number of benzene rings is 2. The van der Waals surface area contributed by atoms with E-state index < -0.39 is 22.7 Å². The Bertz CT molecular complexity index is 1080. The van der Waals surface area contributed by atoms with Crippen LogP contribution in [0, 0.1) is 10.1 Å². The summed E-state index contributed by atoms with van der Waals surface area (Å²) in [5.74, 6) is -2.36. The molecule has 0 radical (unpaired) electrons. The Hall–Kier alpha value is -3.57. The molecular formula is C18H11N3O6S2. The van der Waals surface area contributed by atoms with Crippen LogP contribution in [-0.2, 0) is 4.79 Å². The standard InChI is InChI=1S/C18H11N3O6S2/c22-15(12-2-1-3-13(9-12)21(26)27)19-20-16(23)14(29-18(20)28)8-10-4-6-11(7-5-10)17(24)25/h1-9H,(H,19,22)(H,24,25)/b14-8+. The number of non-ortho nitro benzene ring substituents is 1. The number of amides is 2. The van der Waals surface area contributed by atoms with Gasteiger partial charge in [0.1, 0.15) is 0 Å². The summed E-state index contributed by atoms with van der Waals surface area (Å²) in [5, 5.41) is 20.7. The summed E-state index contributed by atoms with van der Waals surface area (Å²) < 4.78 is 0.0854. The van der Waals surface area contributed by atoms with Gasteiger partial charge in [0, 0.05) is 17.7 Å². The van der Waals surface area contributed by atoms with Crippen molar-refractivity contribution in [3.8, 4) is 0 Å². The van der Waals surface area contributed by atoms with E-state index in [0.717, 1.165) is 22.8 Å². The Morgan fingerprint density at radius 3 is 2.48 bits per heavy atom. The van der Waals surface area contributed by atoms with Crippen LogP contribution in [0.3, 0.4) is 0 Å². The molecular weight excluding hydrogens is 418 g/mol. The van der Waals surface area contributed by atoms with E-state index in [1.54, 1.807) is 0 Å². The monoisotopic (exact) mass is 429 g/mol. The van der Waals surface area contributed by atoms with Crippen molar-refractivity contribution >= 4 is 57.8 Å². The number of carbonyl (C=O) groups excluding carboxylic acids is 2. The zero-order chi connectivity index (χ0) is 21.1. The van der Waals surface area contributed by atoms with E-state index in [4.69, 9.17) is 17.3 Å². The van der Waals surface area contributed by atoms with E-state index in [9.17, 15) is 24.5 Å². The highest BCUT2D eigenvalue weighted by Crippen LogP contribution is 2.31. The minimum atomic E-state index is -1.06. The van der Waals surface area contributed by atoms with Gasteiger partial charge >= 0.3 is 5.97 Å². The summed E-state index contributed by atoms with van der Waals surface area (Å²) in [6, 6.07) is 11.0. The number of nitro groups is 1. The first-order chi connectivity index (χ1) is 13.8. The lowest BCUT2D eigenvalue weighted by atomic mass is 10.1. The highest BCUT2D eigenvalue weighted by Gasteiger charge is 2.34. The molecule has 1 saturated heterocycles. The van der Waals surface area contributed by atoms with Gasteiger partial charge in [0.2, 0.25) is 0 Å². The number of hydrogen-bond donors (Lipinski definition) is 2. The summed E-state index contributed by atoms with van der Waals surface area (Å²) in [6.45, 7) is 0. The lowest BCUT2D eigenvalue weighted by molar-refractivity contribution is -0.384. The quantitative estimate of drug-likeness (QED) is 0.321. The van der Waals surface area contributed by atoms with Crippen molar-refractivity contribution in [2.24, 2.45) is 0 Å². The fraction of sp³-hybridized carbons (Fsp3) is 0. The number of thioether (sulfide) groups is 1. The minimum absolute atomic E-state index is 0.00138. The molecule has 3 rings (SSSR count). The Labute approximate surface area is 173 Å². The maximum absolute atomic E-state index is 12.6. The highest BCUT2D eigenvalue weighted by molar-refractivity contribution is 8.26. The molecule has 2 amide bonds. The van der Waals surface area contributed by atoms with E-state index >= 15 is 0 Å². The van der Waals surface area contributed by atoms with Gasteiger partial charge in [-0.25, -0.2) is 4.79 Å². The number of hydrazine groups is 1. The van der Waals surface area contributed by atoms with Gasteiger partial charge in [0.05, 0.1) is 15.4 Å². The van der Waals surface area contributed by atoms with Crippen molar-refractivity contribution in [1.29, 1.82) is 0 Å². The average molecular weight is 429 g/mol. The molecule has 1 heterocycles. The predicted molar refractivity (Wildman–Crippen MR) is 109 cm³/mol. The fourth-order valence-electron chi connectivity index (χ4n) is 2.36. The summed E-state index contributed by atoms with van der Waals surface area (Å²) in [7, 11) is 0. The van der Waals surface area contributed by atoms with Gasteiger partial charge in [-0.2, -0.15) is 5.01 Å². The van der Waals surface area contributed by atoms with E-state index in [1.165, 1.54) is 48.5 Å². The number of nitrogens with one attached hydrogen (secondary N) is 1. The number of nitro benzene ring substituents is 1. The zero-order valence-electron chi connectivity index (χ0n) is 14.4. The third-order valence-electron chi connectivity index (χ3n) is 3.78. The van der Waals surface area contributed by atoms with Crippen LogP contribution in [0.4, 0.5) is 5.69 Å². The van der Waals surface area contributed by atoms with Crippen LogP contribution in [0.5, 0.6) is 0 Å². The number of thiocarbonyl (C=S) groups is 1. The predicted octanol–water partition coefficient (Wildman–Crippen LogP) is 2.84. The smallest absolute Gasteiger partial charge is 0.335 e. The third kappa shape index (κ3) is 4.47.